The summed E-state index contributed by atoms with van der Waals surface area (Å²) in [6, 6.07) is 3.81. The number of halogens is 1. The van der Waals surface area contributed by atoms with Crippen LogP contribution in [0.25, 0.3) is 0 Å². The number of methoxy groups -OCH3 is 1. The van der Waals surface area contributed by atoms with Crippen LogP contribution in [0.2, 0.25) is 0 Å². The number of aliphatic hydroxyl groups excluding tert-OH is 1. The highest BCUT2D eigenvalue weighted by Gasteiger charge is 2.19. The predicted octanol–water partition coefficient (Wildman–Crippen LogP) is 2.43. The number of carbonyl (C=O) groups is 1. The fourth-order valence-corrected chi connectivity index (χ4v) is 2.14. The number of aliphatic hydroxyl groups is 1. The van der Waals surface area contributed by atoms with Gasteiger partial charge in [-0.2, -0.15) is 0 Å². The lowest BCUT2D eigenvalue weighted by Gasteiger charge is -2.25. The summed E-state index contributed by atoms with van der Waals surface area (Å²) in [5.74, 6) is -0.304. The number of hydrogen-bond acceptors (Lipinski definition) is 3. The van der Waals surface area contributed by atoms with Crippen molar-refractivity contribution in [3.63, 3.8) is 0 Å². The van der Waals surface area contributed by atoms with Crippen molar-refractivity contribution in [2.45, 2.75) is 39.8 Å². The SMILES string of the molecule is COc1ccc(CNC(=O)NC(CO)CC(C)(C)C)cc1F. The number of ether oxygens (including phenoxy) is 1. The molecule has 1 unspecified atom stereocenters. The van der Waals surface area contributed by atoms with Crippen LogP contribution in [0.15, 0.2) is 18.2 Å². The second kappa shape index (κ2) is 7.98. The van der Waals surface area contributed by atoms with Crippen LogP contribution in [0.5, 0.6) is 5.75 Å². The Morgan fingerprint density at radius 3 is 2.59 bits per heavy atom. The zero-order valence-corrected chi connectivity index (χ0v) is 13.6. The molecule has 0 aliphatic heterocycles. The molecular weight excluding hydrogens is 287 g/mol. The van der Waals surface area contributed by atoms with Gasteiger partial charge in [0.1, 0.15) is 0 Å². The van der Waals surface area contributed by atoms with Crippen LogP contribution in [-0.2, 0) is 6.54 Å². The highest BCUT2D eigenvalue weighted by molar-refractivity contribution is 5.74. The van der Waals surface area contributed by atoms with Gasteiger partial charge in [0.05, 0.1) is 19.8 Å². The maximum atomic E-state index is 13.5. The molecule has 0 fully saturated rings. The molecule has 5 nitrogen and oxygen atoms in total. The van der Waals surface area contributed by atoms with Gasteiger partial charge in [-0.25, -0.2) is 9.18 Å². The van der Waals surface area contributed by atoms with E-state index >= 15 is 0 Å². The number of benzene rings is 1. The Labute approximate surface area is 130 Å². The van der Waals surface area contributed by atoms with Crippen LogP contribution in [-0.4, -0.2) is 30.9 Å². The second-order valence-corrected chi connectivity index (χ2v) is 6.44. The van der Waals surface area contributed by atoms with E-state index < -0.39 is 5.82 Å². The molecule has 2 amide bonds. The standard InChI is InChI=1S/C16H25FN2O3/c1-16(2,3)8-12(10-20)19-15(21)18-9-11-5-6-14(22-4)13(17)7-11/h5-7,12,20H,8-10H2,1-4H3,(H2,18,19,21). The Morgan fingerprint density at radius 1 is 1.41 bits per heavy atom. The quantitative estimate of drug-likeness (QED) is 0.755. The van der Waals surface area contributed by atoms with Gasteiger partial charge in [0.25, 0.3) is 0 Å². The largest absolute Gasteiger partial charge is 0.494 e. The van der Waals surface area contributed by atoms with E-state index in [2.05, 4.69) is 10.6 Å². The monoisotopic (exact) mass is 312 g/mol. The zero-order chi connectivity index (χ0) is 16.8. The molecule has 0 saturated carbocycles. The van der Waals surface area contributed by atoms with Crippen LogP contribution < -0.4 is 15.4 Å². The van der Waals surface area contributed by atoms with Crippen LogP contribution in [0.4, 0.5) is 9.18 Å². The van der Waals surface area contributed by atoms with E-state index in [0.717, 1.165) is 0 Å². The van der Waals surface area contributed by atoms with Gasteiger partial charge in [-0.3, -0.25) is 0 Å². The summed E-state index contributed by atoms with van der Waals surface area (Å²) in [6.07, 6.45) is 0.661. The number of urea groups is 1. The van der Waals surface area contributed by atoms with Crippen LogP contribution >= 0.6 is 0 Å². The smallest absolute Gasteiger partial charge is 0.315 e. The first-order valence-electron chi connectivity index (χ1n) is 7.23. The van der Waals surface area contributed by atoms with Crippen molar-refractivity contribution in [3.8, 4) is 5.75 Å². The number of carbonyl (C=O) groups excluding carboxylic acids is 1. The Bertz CT molecular complexity index is 501. The van der Waals surface area contributed by atoms with Gasteiger partial charge in [0.15, 0.2) is 11.6 Å². The lowest BCUT2D eigenvalue weighted by Crippen LogP contribution is -2.45. The number of hydrogen-bond donors (Lipinski definition) is 3. The lowest BCUT2D eigenvalue weighted by molar-refractivity contribution is 0.190. The number of amides is 2. The molecule has 1 rings (SSSR count). The van der Waals surface area contributed by atoms with Crippen molar-refractivity contribution in [2.75, 3.05) is 13.7 Å². The molecule has 1 aromatic carbocycles. The van der Waals surface area contributed by atoms with Crippen molar-refractivity contribution in [1.29, 1.82) is 0 Å². The Kier molecular flexibility index (Phi) is 6.61. The van der Waals surface area contributed by atoms with Crippen LogP contribution in [0, 0.1) is 11.2 Å². The minimum atomic E-state index is -0.469. The van der Waals surface area contributed by atoms with E-state index in [9.17, 15) is 14.3 Å². The first-order valence-corrected chi connectivity index (χ1v) is 7.23. The fourth-order valence-electron chi connectivity index (χ4n) is 2.14. The van der Waals surface area contributed by atoms with Gasteiger partial charge in [0.2, 0.25) is 0 Å². The fraction of sp³-hybridized carbons (Fsp3) is 0.562. The number of rotatable bonds is 6. The van der Waals surface area contributed by atoms with Crippen molar-refractivity contribution in [3.05, 3.63) is 29.6 Å². The normalized spacial score (nSPS) is 12.6. The molecule has 0 bridgehead atoms. The van der Waals surface area contributed by atoms with E-state index in [0.29, 0.717) is 12.0 Å². The van der Waals surface area contributed by atoms with E-state index in [1.807, 2.05) is 20.8 Å². The van der Waals surface area contributed by atoms with Gasteiger partial charge >= 0.3 is 6.03 Å². The molecule has 6 heteroatoms. The average Bonchev–Trinajstić information content (AvgIpc) is 2.43. The summed E-state index contributed by atoms with van der Waals surface area (Å²) in [5, 5.41) is 14.7. The molecule has 1 aromatic rings. The third-order valence-electron chi connectivity index (χ3n) is 3.08. The summed E-state index contributed by atoms with van der Waals surface area (Å²) in [5.41, 5.74) is 0.629. The molecule has 3 N–H and O–H groups in total. The highest BCUT2D eigenvalue weighted by atomic mass is 19.1. The van der Waals surface area contributed by atoms with Gasteiger partial charge in [-0.05, 0) is 29.5 Å². The molecule has 0 radical (unpaired) electrons. The van der Waals surface area contributed by atoms with Gasteiger partial charge in [-0.15, -0.1) is 0 Å². The highest BCUT2D eigenvalue weighted by Crippen LogP contribution is 2.20. The average molecular weight is 312 g/mol. The van der Waals surface area contributed by atoms with E-state index in [-0.39, 0.29) is 36.4 Å². The maximum absolute atomic E-state index is 13.5. The maximum Gasteiger partial charge on any atom is 0.315 e. The Balaban J connectivity index is 2.50. The summed E-state index contributed by atoms with van der Waals surface area (Å²) >= 11 is 0. The molecule has 124 valence electrons. The molecule has 0 aliphatic rings. The van der Waals surface area contributed by atoms with E-state index in [1.54, 1.807) is 6.07 Å². The molecular formula is C16H25FN2O3. The van der Waals surface area contributed by atoms with Gasteiger partial charge < -0.3 is 20.5 Å². The molecule has 0 heterocycles. The van der Waals surface area contributed by atoms with E-state index in [4.69, 9.17) is 4.74 Å². The third-order valence-corrected chi connectivity index (χ3v) is 3.08. The van der Waals surface area contributed by atoms with E-state index in [1.165, 1.54) is 19.2 Å². The summed E-state index contributed by atoms with van der Waals surface area (Å²) in [4.78, 5) is 11.8. The third kappa shape index (κ3) is 6.30. The van der Waals surface area contributed by atoms with Crippen molar-refractivity contribution in [2.24, 2.45) is 5.41 Å². The van der Waals surface area contributed by atoms with Gasteiger partial charge in [-0.1, -0.05) is 26.8 Å². The molecule has 1 atom stereocenters. The Hall–Kier alpha value is -1.82. The first-order chi connectivity index (χ1) is 10.2. The molecule has 0 spiro atoms. The lowest BCUT2D eigenvalue weighted by atomic mass is 9.88. The van der Waals surface area contributed by atoms with Crippen molar-refractivity contribution < 1.29 is 19.0 Å². The second-order valence-electron chi connectivity index (χ2n) is 6.44. The molecule has 0 aromatic heterocycles. The topological polar surface area (TPSA) is 70.6 Å². The Morgan fingerprint density at radius 2 is 2.09 bits per heavy atom. The summed E-state index contributed by atoms with van der Waals surface area (Å²) < 4.78 is 18.4. The van der Waals surface area contributed by atoms with Crippen LogP contribution in [0.3, 0.4) is 0 Å². The molecule has 0 saturated heterocycles. The van der Waals surface area contributed by atoms with Gasteiger partial charge in [0, 0.05) is 6.54 Å². The summed E-state index contributed by atoms with van der Waals surface area (Å²) in [6.45, 7) is 6.18. The van der Waals surface area contributed by atoms with Crippen LogP contribution in [0.1, 0.15) is 32.8 Å². The molecule has 0 aliphatic carbocycles. The number of nitrogens with one attached hydrogen (secondary N) is 2. The minimum Gasteiger partial charge on any atom is -0.494 e. The van der Waals surface area contributed by atoms with Crippen molar-refractivity contribution >= 4 is 6.03 Å². The first kappa shape index (κ1) is 18.2. The molecule has 22 heavy (non-hydrogen) atoms. The van der Waals surface area contributed by atoms with Crippen molar-refractivity contribution in [1.82, 2.24) is 10.6 Å². The minimum absolute atomic E-state index is 0.000210. The summed E-state index contributed by atoms with van der Waals surface area (Å²) in [7, 11) is 1.40. The predicted molar refractivity (Wildman–Crippen MR) is 83.3 cm³/mol. The zero-order valence-electron chi connectivity index (χ0n) is 13.6.